The van der Waals surface area contributed by atoms with Crippen molar-refractivity contribution in [3.05, 3.63) is 85.3 Å². The van der Waals surface area contributed by atoms with Crippen LogP contribution in [-0.2, 0) is 11.3 Å². The number of thiophene rings is 1. The number of fused-ring (bicyclic) bond motifs is 1. The van der Waals surface area contributed by atoms with Gasteiger partial charge in [-0.15, -0.1) is 11.3 Å². The lowest BCUT2D eigenvalue weighted by molar-refractivity contribution is -0.116. The van der Waals surface area contributed by atoms with E-state index in [0.29, 0.717) is 27.3 Å². The Bertz CT molecular complexity index is 1360. The summed E-state index contributed by atoms with van der Waals surface area (Å²) in [7, 11) is 1.47. The van der Waals surface area contributed by atoms with Gasteiger partial charge in [0.1, 0.15) is 17.0 Å². The van der Waals surface area contributed by atoms with Gasteiger partial charge in [0.15, 0.2) is 0 Å². The standard InChI is InChI=1S/C21H16BrN3O4S/c1-29-17-5-3-2-4-15(17)25-20(27)19-16(10-11-30-19)24(21(25)28)12-18(26)23-14-8-6-13(22)7-9-14/h2-11H,12H2,1H3,(H,23,26). The minimum Gasteiger partial charge on any atom is -0.495 e. The van der Waals surface area contributed by atoms with Gasteiger partial charge >= 0.3 is 5.69 Å². The Kier molecular flexibility index (Phi) is 5.56. The molecule has 2 heterocycles. The summed E-state index contributed by atoms with van der Waals surface area (Å²) < 4.78 is 8.95. The van der Waals surface area contributed by atoms with Crippen LogP contribution in [0.1, 0.15) is 0 Å². The third-order valence-electron chi connectivity index (χ3n) is 4.51. The maximum Gasteiger partial charge on any atom is 0.336 e. The van der Waals surface area contributed by atoms with Gasteiger partial charge in [0.25, 0.3) is 5.56 Å². The van der Waals surface area contributed by atoms with Crippen molar-refractivity contribution in [1.82, 2.24) is 9.13 Å². The van der Waals surface area contributed by atoms with E-state index in [9.17, 15) is 14.4 Å². The zero-order chi connectivity index (χ0) is 21.3. The van der Waals surface area contributed by atoms with Crippen LogP contribution in [0, 0.1) is 0 Å². The van der Waals surface area contributed by atoms with Gasteiger partial charge in [-0.1, -0.05) is 28.1 Å². The van der Waals surface area contributed by atoms with Crippen LogP contribution in [0.3, 0.4) is 0 Å². The molecule has 30 heavy (non-hydrogen) atoms. The van der Waals surface area contributed by atoms with Crippen LogP contribution in [0.15, 0.2) is 74.0 Å². The zero-order valence-corrected chi connectivity index (χ0v) is 18.2. The topological polar surface area (TPSA) is 82.3 Å². The molecule has 0 unspecified atom stereocenters. The predicted octanol–water partition coefficient (Wildman–Crippen LogP) is 3.62. The number of aromatic nitrogens is 2. The number of carbonyl (C=O) groups excluding carboxylic acids is 1. The third-order valence-corrected chi connectivity index (χ3v) is 5.93. The van der Waals surface area contributed by atoms with Gasteiger partial charge in [-0.05, 0) is 47.8 Å². The minimum atomic E-state index is -0.610. The predicted molar refractivity (Wildman–Crippen MR) is 121 cm³/mol. The summed E-state index contributed by atoms with van der Waals surface area (Å²) in [5, 5.41) is 4.49. The molecule has 0 saturated carbocycles. The largest absolute Gasteiger partial charge is 0.495 e. The number of amides is 1. The number of methoxy groups -OCH3 is 1. The van der Waals surface area contributed by atoms with E-state index in [-0.39, 0.29) is 12.5 Å². The quantitative estimate of drug-likeness (QED) is 0.467. The van der Waals surface area contributed by atoms with E-state index in [1.807, 2.05) is 0 Å². The molecule has 0 aliphatic carbocycles. The first-order valence-corrected chi connectivity index (χ1v) is 10.6. The number of hydrogen-bond donors (Lipinski definition) is 1. The molecule has 2 aromatic heterocycles. The molecule has 9 heteroatoms. The van der Waals surface area contributed by atoms with Crippen molar-refractivity contribution in [3.8, 4) is 11.4 Å². The number of benzene rings is 2. The summed E-state index contributed by atoms with van der Waals surface area (Å²) in [5.41, 5.74) is 0.302. The highest BCUT2D eigenvalue weighted by molar-refractivity contribution is 9.10. The van der Waals surface area contributed by atoms with Crippen LogP contribution in [0.25, 0.3) is 15.9 Å². The van der Waals surface area contributed by atoms with E-state index in [2.05, 4.69) is 21.2 Å². The molecule has 1 N–H and O–H groups in total. The fraction of sp³-hybridized carbons (Fsp3) is 0.0952. The number of rotatable bonds is 5. The second-order valence-electron chi connectivity index (χ2n) is 6.37. The number of nitrogens with zero attached hydrogens (tertiary/aromatic N) is 2. The van der Waals surface area contributed by atoms with E-state index in [1.54, 1.807) is 60.0 Å². The van der Waals surface area contributed by atoms with E-state index in [0.717, 1.165) is 9.04 Å². The molecule has 0 atom stereocenters. The Hall–Kier alpha value is -3.17. The molecule has 152 valence electrons. The van der Waals surface area contributed by atoms with Crippen LogP contribution in [0.4, 0.5) is 5.69 Å². The fourth-order valence-electron chi connectivity index (χ4n) is 3.14. The molecule has 0 spiro atoms. The Balaban J connectivity index is 1.81. The van der Waals surface area contributed by atoms with Gasteiger partial charge in [0, 0.05) is 10.2 Å². The highest BCUT2D eigenvalue weighted by Crippen LogP contribution is 2.22. The van der Waals surface area contributed by atoms with E-state index < -0.39 is 11.2 Å². The number of halogens is 1. The summed E-state index contributed by atoms with van der Waals surface area (Å²) in [4.78, 5) is 39.0. The van der Waals surface area contributed by atoms with Crippen molar-refractivity contribution >= 4 is 49.1 Å². The Labute approximate surface area is 183 Å². The number of hydrogen-bond acceptors (Lipinski definition) is 5. The highest BCUT2D eigenvalue weighted by atomic mass is 79.9. The number of nitrogens with one attached hydrogen (secondary N) is 1. The molecule has 2 aromatic carbocycles. The summed E-state index contributed by atoms with van der Waals surface area (Å²) in [5.74, 6) is 0.00983. The van der Waals surface area contributed by atoms with Gasteiger partial charge in [0.05, 0.1) is 18.3 Å². The van der Waals surface area contributed by atoms with E-state index >= 15 is 0 Å². The molecule has 7 nitrogen and oxygen atoms in total. The maximum absolute atomic E-state index is 13.3. The molecule has 4 rings (SSSR count). The second-order valence-corrected chi connectivity index (χ2v) is 8.20. The molecule has 0 aliphatic heterocycles. The Morgan fingerprint density at radius 2 is 1.83 bits per heavy atom. The number of carbonyl (C=O) groups is 1. The SMILES string of the molecule is COc1ccccc1-n1c(=O)c2sccc2n(CC(=O)Nc2ccc(Br)cc2)c1=O. The van der Waals surface area contributed by atoms with Crippen LogP contribution in [-0.4, -0.2) is 22.2 Å². The molecule has 1 amide bonds. The molecular formula is C21H16BrN3O4S. The smallest absolute Gasteiger partial charge is 0.336 e. The average Bonchev–Trinajstić information content (AvgIpc) is 3.23. The zero-order valence-electron chi connectivity index (χ0n) is 15.8. The van der Waals surface area contributed by atoms with Crippen molar-refractivity contribution in [2.75, 3.05) is 12.4 Å². The average molecular weight is 486 g/mol. The number of ether oxygens (including phenoxy) is 1. The first-order valence-electron chi connectivity index (χ1n) is 8.91. The monoisotopic (exact) mass is 485 g/mol. The van der Waals surface area contributed by atoms with Gasteiger partial charge < -0.3 is 10.1 Å². The first-order chi connectivity index (χ1) is 14.5. The maximum atomic E-state index is 13.3. The number of anilines is 1. The van der Waals surface area contributed by atoms with Crippen molar-refractivity contribution in [3.63, 3.8) is 0 Å². The fourth-order valence-corrected chi connectivity index (χ4v) is 4.23. The van der Waals surface area contributed by atoms with Gasteiger partial charge in [-0.25, -0.2) is 9.36 Å². The second kappa shape index (κ2) is 8.29. The first kappa shape index (κ1) is 20.1. The van der Waals surface area contributed by atoms with Crippen molar-refractivity contribution < 1.29 is 9.53 Å². The van der Waals surface area contributed by atoms with Crippen LogP contribution >= 0.6 is 27.3 Å². The molecule has 4 aromatic rings. The third kappa shape index (κ3) is 3.69. The molecule has 0 saturated heterocycles. The lowest BCUT2D eigenvalue weighted by Crippen LogP contribution is -2.40. The van der Waals surface area contributed by atoms with Crippen molar-refractivity contribution in [2.45, 2.75) is 6.54 Å². The van der Waals surface area contributed by atoms with E-state index in [4.69, 9.17) is 4.74 Å². The lowest BCUT2D eigenvalue weighted by Gasteiger charge is -2.14. The summed E-state index contributed by atoms with van der Waals surface area (Å²) >= 11 is 4.57. The Morgan fingerprint density at radius 1 is 1.10 bits per heavy atom. The summed E-state index contributed by atoms with van der Waals surface area (Å²) in [6.07, 6.45) is 0. The van der Waals surface area contributed by atoms with Crippen LogP contribution in [0.2, 0.25) is 0 Å². The van der Waals surface area contributed by atoms with Crippen molar-refractivity contribution in [1.29, 1.82) is 0 Å². The number of para-hydroxylation sites is 2. The molecule has 0 bridgehead atoms. The molecule has 0 aliphatic rings. The molecule has 0 fully saturated rings. The summed E-state index contributed by atoms with van der Waals surface area (Å²) in [6.45, 7) is -0.239. The summed E-state index contributed by atoms with van der Waals surface area (Å²) in [6, 6.07) is 15.6. The molecular weight excluding hydrogens is 470 g/mol. The normalized spacial score (nSPS) is 10.9. The molecule has 0 radical (unpaired) electrons. The van der Waals surface area contributed by atoms with Gasteiger partial charge in [0.2, 0.25) is 5.91 Å². The van der Waals surface area contributed by atoms with Gasteiger partial charge in [-0.2, -0.15) is 0 Å². The van der Waals surface area contributed by atoms with Crippen molar-refractivity contribution in [2.24, 2.45) is 0 Å². The van der Waals surface area contributed by atoms with E-state index in [1.165, 1.54) is 23.0 Å². The highest BCUT2D eigenvalue weighted by Gasteiger charge is 2.19. The lowest BCUT2D eigenvalue weighted by atomic mass is 10.3. The Morgan fingerprint density at radius 3 is 2.57 bits per heavy atom. The van der Waals surface area contributed by atoms with Crippen LogP contribution < -0.4 is 21.3 Å². The van der Waals surface area contributed by atoms with Gasteiger partial charge in [-0.3, -0.25) is 14.2 Å². The minimum absolute atomic E-state index is 0.239. The van der Waals surface area contributed by atoms with Crippen LogP contribution in [0.5, 0.6) is 5.75 Å².